The number of amides is 2. The van der Waals surface area contributed by atoms with E-state index < -0.39 is 28.5 Å². The summed E-state index contributed by atoms with van der Waals surface area (Å²) in [4.78, 5) is 29.1. The lowest BCUT2D eigenvalue weighted by Gasteiger charge is -2.33. The summed E-state index contributed by atoms with van der Waals surface area (Å²) >= 11 is 24.8. The summed E-state index contributed by atoms with van der Waals surface area (Å²) in [5, 5.41) is 4.02. The maximum Gasteiger partial charge on any atom is 0.244 e. The third-order valence-corrected chi connectivity index (χ3v) is 8.79. The Morgan fingerprint density at radius 2 is 1.61 bits per heavy atom. The fraction of sp³-hybridized carbons (Fsp3) is 0.310. The summed E-state index contributed by atoms with van der Waals surface area (Å²) in [5.41, 5.74) is 1.53. The first-order valence-electron chi connectivity index (χ1n) is 12.9. The summed E-state index contributed by atoms with van der Waals surface area (Å²) in [7, 11) is -3.95. The minimum absolute atomic E-state index is 0.0630. The van der Waals surface area contributed by atoms with Crippen LogP contribution in [-0.2, 0) is 32.6 Å². The second-order valence-corrected chi connectivity index (χ2v) is 13.0. The second-order valence-electron chi connectivity index (χ2n) is 9.48. The molecule has 0 radical (unpaired) electrons. The van der Waals surface area contributed by atoms with Crippen LogP contribution in [0.5, 0.6) is 0 Å². The molecular weight excluding hydrogens is 628 g/mol. The topological polar surface area (TPSA) is 86.8 Å². The number of benzene rings is 3. The SMILES string of the molecule is CCCCNC(=O)[C@@H](Cc1ccccc1)N(Cc1ccc(Cl)cc1Cl)C(=O)CN(c1ccc(Cl)c(Cl)c1)S(C)(=O)=O. The third-order valence-electron chi connectivity index (χ3n) is 6.33. The van der Waals surface area contributed by atoms with E-state index >= 15 is 0 Å². The Labute approximate surface area is 261 Å². The predicted octanol–water partition coefficient (Wildman–Crippen LogP) is 6.62. The van der Waals surface area contributed by atoms with Crippen LogP contribution in [0.3, 0.4) is 0 Å². The van der Waals surface area contributed by atoms with Gasteiger partial charge in [-0.2, -0.15) is 0 Å². The Morgan fingerprint density at radius 1 is 0.902 bits per heavy atom. The van der Waals surface area contributed by atoms with Crippen molar-refractivity contribution in [3.05, 3.63) is 97.9 Å². The molecule has 0 unspecified atom stereocenters. The van der Waals surface area contributed by atoms with Gasteiger partial charge < -0.3 is 10.2 Å². The van der Waals surface area contributed by atoms with Crippen LogP contribution in [0.4, 0.5) is 5.69 Å². The zero-order valence-corrected chi connectivity index (χ0v) is 26.5. The van der Waals surface area contributed by atoms with E-state index in [1.807, 2.05) is 37.3 Å². The van der Waals surface area contributed by atoms with Gasteiger partial charge in [-0.15, -0.1) is 0 Å². The van der Waals surface area contributed by atoms with Crippen molar-refractivity contribution in [2.45, 2.75) is 38.8 Å². The maximum atomic E-state index is 14.1. The average molecular weight is 659 g/mol. The van der Waals surface area contributed by atoms with Crippen molar-refractivity contribution in [3.8, 4) is 0 Å². The number of nitrogens with one attached hydrogen (secondary N) is 1. The molecule has 0 heterocycles. The lowest BCUT2D eigenvalue weighted by atomic mass is 10.0. The van der Waals surface area contributed by atoms with Crippen LogP contribution in [0.1, 0.15) is 30.9 Å². The normalized spacial score (nSPS) is 12.0. The molecular formula is C29H31Cl4N3O4S. The summed E-state index contributed by atoms with van der Waals surface area (Å²) < 4.78 is 26.7. The lowest BCUT2D eigenvalue weighted by Crippen LogP contribution is -2.53. The highest BCUT2D eigenvalue weighted by Crippen LogP contribution is 2.29. The van der Waals surface area contributed by atoms with Crippen LogP contribution in [0.25, 0.3) is 0 Å². The molecule has 0 saturated carbocycles. The molecule has 1 atom stereocenters. The minimum atomic E-state index is -3.95. The van der Waals surface area contributed by atoms with Gasteiger partial charge >= 0.3 is 0 Å². The van der Waals surface area contributed by atoms with Gasteiger partial charge in [-0.25, -0.2) is 8.42 Å². The Kier molecular flexibility index (Phi) is 12.2. The van der Waals surface area contributed by atoms with Crippen LogP contribution in [0, 0.1) is 0 Å². The van der Waals surface area contributed by atoms with Crippen LogP contribution in [0.15, 0.2) is 66.7 Å². The summed E-state index contributed by atoms with van der Waals surface area (Å²) in [6, 6.07) is 17.5. The molecule has 3 aromatic carbocycles. The molecule has 12 heteroatoms. The average Bonchev–Trinajstić information content (AvgIpc) is 2.92. The van der Waals surface area contributed by atoms with Crippen molar-refractivity contribution in [1.82, 2.24) is 10.2 Å². The van der Waals surface area contributed by atoms with Gasteiger partial charge in [0, 0.05) is 29.6 Å². The third kappa shape index (κ3) is 9.51. The highest BCUT2D eigenvalue weighted by atomic mass is 35.5. The van der Waals surface area contributed by atoms with E-state index in [4.69, 9.17) is 46.4 Å². The van der Waals surface area contributed by atoms with Gasteiger partial charge in [-0.1, -0.05) is 96.1 Å². The number of carbonyl (C=O) groups is 2. The van der Waals surface area contributed by atoms with Crippen molar-refractivity contribution in [3.63, 3.8) is 0 Å². The van der Waals surface area contributed by atoms with Gasteiger partial charge in [0.1, 0.15) is 12.6 Å². The molecule has 0 aliphatic rings. The van der Waals surface area contributed by atoms with Crippen LogP contribution >= 0.6 is 46.4 Å². The van der Waals surface area contributed by atoms with Gasteiger partial charge in [0.25, 0.3) is 0 Å². The molecule has 1 N–H and O–H groups in total. The zero-order chi connectivity index (χ0) is 30.2. The standard InChI is InChI=1S/C29H31Cl4N3O4S/c1-3-4-14-34-29(38)27(15-20-8-6-5-7-9-20)35(18-21-10-11-22(30)16-25(21)32)28(37)19-36(41(2,39)40)23-12-13-24(31)26(33)17-23/h5-13,16-17,27H,3-4,14-15,18-19H2,1-2H3,(H,34,38)/t27-/m1/s1. The summed E-state index contributed by atoms with van der Waals surface area (Å²) in [6.45, 7) is 1.79. The monoisotopic (exact) mass is 657 g/mol. The largest absolute Gasteiger partial charge is 0.354 e. The Balaban J connectivity index is 2.07. The molecule has 0 spiro atoms. The molecule has 3 rings (SSSR count). The first kappa shape index (κ1) is 33.0. The van der Waals surface area contributed by atoms with Crippen LogP contribution in [0.2, 0.25) is 20.1 Å². The molecule has 0 aromatic heterocycles. The number of unbranched alkanes of at least 4 members (excludes halogenated alkanes) is 1. The number of rotatable bonds is 13. The second kappa shape index (κ2) is 15.1. The van der Waals surface area contributed by atoms with E-state index in [1.165, 1.54) is 23.1 Å². The molecule has 0 aliphatic heterocycles. The van der Waals surface area contributed by atoms with Gasteiger partial charge in [-0.3, -0.25) is 13.9 Å². The van der Waals surface area contributed by atoms with Crippen molar-refractivity contribution < 1.29 is 18.0 Å². The van der Waals surface area contributed by atoms with Crippen molar-refractivity contribution in [2.75, 3.05) is 23.7 Å². The molecule has 2 amide bonds. The molecule has 41 heavy (non-hydrogen) atoms. The summed E-state index contributed by atoms with van der Waals surface area (Å²) in [6.07, 6.45) is 2.82. The number of carbonyl (C=O) groups excluding carboxylic acids is 2. The van der Waals surface area contributed by atoms with Crippen molar-refractivity contribution >= 4 is 73.9 Å². The quantitative estimate of drug-likeness (QED) is 0.209. The van der Waals surface area contributed by atoms with Gasteiger partial charge in [-0.05, 0) is 47.9 Å². The van der Waals surface area contributed by atoms with Crippen molar-refractivity contribution in [2.24, 2.45) is 0 Å². The van der Waals surface area contributed by atoms with E-state index in [0.29, 0.717) is 22.2 Å². The molecule has 220 valence electrons. The number of hydrogen-bond acceptors (Lipinski definition) is 4. The molecule has 0 aliphatic carbocycles. The smallest absolute Gasteiger partial charge is 0.244 e. The number of nitrogens with zero attached hydrogens (tertiary/aromatic N) is 2. The number of hydrogen-bond donors (Lipinski definition) is 1. The number of anilines is 1. The van der Waals surface area contributed by atoms with E-state index in [0.717, 1.165) is 29.0 Å². The summed E-state index contributed by atoms with van der Waals surface area (Å²) in [5.74, 6) is -0.972. The maximum absolute atomic E-state index is 14.1. The Hall–Kier alpha value is -2.49. The lowest BCUT2D eigenvalue weighted by molar-refractivity contribution is -0.140. The highest BCUT2D eigenvalue weighted by Gasteiger charge is 2.33. The van der Waals surface area contributed by atoms with Crippen molar-refractivity contribution in [1.29, 1.82) is 0 Å². The minimum Gasteiger partial charge on any atom is -0.354 e. The van der Waals surface area contributed by atoms with E-state index in [9.17, 15) is 18.0 Å². The fourth-order valence-corrected chi connectivity index (χ4v) is 5.75. The van der Waals surface area contributed by atoms with E-state index in [2.05, 4.69) is 5.32 Å². The van der Waals surface area contributed by atoms with Gasteiger partial charge in [0.2, 0.25) is 21.8 Å². The molecule has 7 nitrogen and oxygen atoms in total. The molecule has 3 aromatic rings. The van der Waals surface area contributed by atoms with Crippen LogP contribution < -0.4 is 9.62 Å². The zero-order valence-electron chi connectivity index (χ0n) is 22.6. The predicted molar refractivity (Wildman–Crippen MR) is 168 cm³/mol. The molecule has 0 fully saturated rings. The number of halogens is 4. The highest BCUT2D eigenvalue weighted by molar-refractivity contribution is 7.92. The first-order chi connectivity index (χ1) is 19.4. The van der Waals surface area contributed by atoms with E-state index in [-0.39, 0.29) is 34.6 Å². The van der Waals surface area contributed by atoms with E-state index in [1.54, 1.807) is 18.2 Å². The Morgan fingerprint density at radius 3 is 2.22 bits per heavy atom. The fourth-order valence-electron chi connectivity index (χ4n) is 4.15. The van der Waals surface area contributed by atoms with Crippen LogP contribution in [-0.4, -0.2) is 50.5 Å². The molecule has 0 bridgehead atoms. The molecule has 0 saturated heterocycles. The number of sulfonamides is 1. The first-order valence-corrected chi connectivity index (χ1v) is 16.2. The van der Waals surface area contributed by atoms with Gasteiger partial charge in [0.15, 0.2) is 0 Å². The Bertz CT molecular complexity index is 1470. The van der Waals surface area contributed by atoms with Gasteiger partial charge in [0.05, 0.1) is 22.0 Å².